The summed E-state index contributed by atoms with van der Waals surface area (Å²) in [6, 6.07) is 0. The van der Waals surface area contributed by atoms with Crippen molar-refractivity contribution < 1.29 is 0 Å². The maximum atomic E-state index is 5.93. The van der Waals surface area contributed by atoms with Crippen molar-refractivity contribution in [1.82, 2.24) is 20.4 Å². The summed E-state index contributed by atoms with van der Waals surface area (Å²) in [4.78, 5) is 0. The Labute approximate surface area is 119 Å². The predicted molar refractivity (Wildman–Crippen MR) is 80.1 cm³/mol. The smallest absolute Gasteiger partial charge is 0.166 e. The van der Waals surface area contributed by atoms with E-state index in [-0.39, 0.29) is 0 Å². The Morgan fingerprint density at radius 2 is 2.06 bits per heavy atom. The van der Waals surface area contributed by atoms with Gasteiger partial charge < -0.3 is 10.6 Å². The van der Waals surface area contributed by atoms with Crippen LogP contribution in [0.15, 0.2) is 6.20 Å². The number of aryl methyl sites for hydroxylation is 1. The third-order valence-electron chi connectivity index (χ3n) is 2.69. The number of hydrogen-bond acceptors (Lipinski definition) is 2. The molecule has 0 bridgehead atoms. The van der Waals surface area contributed by atoms with Crippen LogP contribution in [0.5, 0.6) is 0 Å². The summed E-state index contributed by atoms with van der Waals surface area (Å²) in [5.74, 6) is 0. The van der Waals surface area contributed by atoms with Gasteiger partial charge in [0.25, 0.3) is 0 Å². The normalized spacial score (nSPS) is 10.4. The van der Waals surface area contributed by atoms with Crippen LogP contribution in [0.3, 0.4) is 0 Å². The molecule has 6 heteroatoms. The molecule has 1 aromatic rings. The van der Waals surface area contributed by atoms with Crippen molar-refractivity contribution >= 4 is 28.9 Å². The number of hydrogen-bond donors (Lipinski definition) is 2. The average Bonchev–Trinajstić information content (AvgIpc) is 2.66. The minimum absolute atomic E-state index is 0.722. The molecule has 0 spiro atoms. The standard InChI is InChI=1S/C12H21ClN4S/c1-3-4-6-14-12(18)15-7-5-8-17-10(2)11(13)9-16-17/h9H,3-8H2,1-2H3,(H2,14,15,18). The average molecular weight is 289 g/mol. The SMILES string of the molecule is CCCCNC(=S)NCCCn1ncc(Cl)c1C. The van der Waals surface area contributed by atoms with Crippen LogP contribution in [0.4, 0.5) is 0 Å². The molecular weight excluding hydrogens is 268 g/mol. The van der Waals surface area contributed by atoms with Gasteiger partial charge in [0.2, 0.25) is 0 Å². The molecule has 0 saturated carbocycles. The highest BCUT2D eigenvalue weighted by molar-refractivity contribution is 7.80. The van der Waals surface area contributed by atoms with Crippen molar-refractivity contribution in [1.29, 1.82) is 0 Å². The van der Waals surface area contributed by atoms with E-state index in [4.69, 9.17) is 23.8 Å². The minimum Gasteiger partial charge on any atom is -0.363 e. The summed E-state index contributed by atoms with van der Waals surface area (Å²) >= 11 is 11.1. The van der Waals surface area contributed by atoms with Crippen LogP contribution in [-0.2, 0) is 6.54 Å². The summed E-state index contributed by atoms with van der Waals surface area (Å²) in [6.45, 7) is 6.77. The van der Waals surface area contributed by atoms with E-state index in [2.05, 4.69) is 22.7 Å². The predicted octanol–water partition coefficient (Wildman–Crippen LogP) is 2.50. The van der Waals surface area contributed by atoms with Crippen LogP contribution < -0.4 is 10.6 Å². The molecule has 1 aromatic heterocycles. The highest BCUT2D eigenvalue weighted by atomic mass is 35.5. The lowest BCUT2D eigenvalue weighted by Gasteiger charge is -2.10. The van der Waals surface area contributed by atoms with Gasteiger partial charge in [-0.1, -0.05) is 24.9 Å². The van der Waals surface area contributed by atoms with E-state index in [0.29, 0.717) is 0 Å². The van der Waals surface area contributed by atoms with Crippen LogP contribution in [0.2, 0.25) is 5.02 Å². The number of thiocarbonyl (C=S) groups is 1. The molecule has 0 radical (unpaired) electrons. The minimum atomic E-state index is 0.722. The Bertz CT molecular complexity index is 378. The lowest BCUT2D eigenvalue weighted by Crippen LogP contribution is -2.36. The van der Waals surface area contributed by atoms with Gasteiger partial charge in [0.15, 0.2) is 5.11 Å². The molecular formula is C12H21ClN4S. The molecule has 102 valence electrons. The van der Waals surface area contributed by atoms with Crippen LogP contribution in [0.25, 0.3) is 0 Å². The third kappa shape index (κ3) is 5.23. The summed E-state index contributed by atoms with van der Waals surface area (Å²) in [7, 11) is 0. The Morgan fingerprint density at radius 1 is 1.39 bits per heavy atom. The van der Waals surface area contributed by atoms with Gasteiger partial charge in [-0.15, -0.1) is 0 Å². The quantitative estimate of drug-likeness (QED) is 0.598. The van der Waals surface area contributed by atoms with Crippen molar-refractivity contribution in [2.75, 3.05) is 13.1 Å². The van der Waals surface area contributed by atoms with E-state index in [0.717, 1.165) is 48.3 Å². The maximum Gasteiger partial charge on any atom is 0.166 e. The van der Waals surface area contributed by atoms with Gasteiger partial charge in [-0.05, 0) is 32.0 Å². The van der Waals surface area contributed by atoms with Gasteiger partial charge in [0.1, 0.15) is 0 Å². The van der Waals surface area contributed by atoms with Gasteiger partial charge in [-0.25, -0.2) is 0 Å². The molecule has 4 nitrogen and oxygen atoms in total. The third-order valence-corrected chi connectivity index (χ3v) is 3.35. The monoisotopic (exact) mass is 288 g/mol. The topological polar surface area (TPSA) is 41.9 Å². The fourth-order valence-corrected chi connectivity index (χ4v) is 1.87. The molecule has 0 atom stereocenters. The summed E-state index contributed by atoms with van der Waals surface area (Å²) in [6.07, 6.45) is 4.97. The zero-order chi connectivity index (χ0) is 13.4. The molecule has 1 rings (SSSR count). The van der Waals surface area contributed by atoms with Crippen molar-refractivity contribution in [3.63, 3.8) is 0 Å². The first-order chi connectivity index (χ1) is 8.65. The van der Waals surface area contributed by atoms with Crippen LogP contribution in [-0.4, -0.2) is 28.0 Å². The lowest BCUT2D eigenvalue weighted by molar-refractivity contribution is 0.559. The van der Waals surface area contributed by atoms with Gasteiger partial charge in [0, 0.05) is 19.6 Å². The molecule has 0 unspecified atom stereocenters. The van der Waals surface area contributed by atoms with E-state index < -0.39 is 0 Å². The molecule has 0 saturated heterocycles. The van der Waals surface area contributed by atoms with Gasteiger partial charge >= 0.3 is 0 Å². The first kappa shape index (κ1) is 15.2. The van der Waals surface area contributed by atoms with Crippen molar-refractivity contribution in [3.05, 3.63) is 16.9 Å². The van der Waals surface area contributed by atoms with E-state index in [1.54, 1.807) is 6.20 Å². The highest BCUT2D eigenvalue weighted by Gasteiger charge is 2.02. The van der Waals surface area contributed by atoms with E-state index in [9.17, 15) is 0 Å². The number of aromatic nitrogens is 2. The van der Waals surface area contributed by atoms with E-state index in [1.165, 1.54) is 6.42 Å². The Hall–Kier alpha value is -0.810. The molecule has 0 aliphatic carbocycles. The molecule has 18 heavy (non-hydrogen) atoms. The molecule has 2 N–H and O–H groups in total. The first-order valence-electron chi connectivity index (χ1n) is 6.34. The Balaban J connectivity index is 2.11. The van der Waals surface area contributed by atoms with E-state index >= 15 is 0 Å². The molecule has 1 heterocycles. The summed E-state index contributed by atoms with van der Waals surface area (Å²) in [5, 5.41) is 12.0. The zero-order valence-corrected chi connectivity index (χ0v) is 12.6. The van der Waals surface area contributed by atoms with Crippen molar-refractivity contribution in [2.45, 2.75) is 39.7 Å². The van der Waals surface area contributed by atoms with Crippen LogP contribution in [0, 0.1) is 6.92 Å². The molecule has 0 amide bonds. The first-order valence-corrected chi connectivity index (χ1v) is 7.13. The number of halogens is 1. The van der Waals surface area contributed by atoms with Gasteiger partial charge in [-0.2, -0.15) is 5.10 Å². The second-order valence-electron chi connectivity index (χ2n) is 4.19. The number of nitrogens with zero attached hydrogens (tertiary/aromatic N) is 2. The largest absolute Gasteiger partial charge is 0.363 e. The van der Waals surface area contributed by atoms with Crippen LogP contribution in [0.1, 0.15) is 31.9 Å². The fourth-order valence-electron chi connectivity index (χ4n) is 1.52. The lowest BCUT2D eigenvalue weighted by atomic mass is 10.3. The maximum absolute atomic E-state index is 5.93. The van der Waals surface area contributed by atoms with Crippen LogP contribution >= 0.6 is 23.8 Å². The number of nitrogens with one attached hydrogen (secondary N) is 2. The second-order valence-corrected chi connectivity index (χ2v) is 5.01. The van der Waals surface area contributed by atoms with Crippen molar-refractivity contribution in [2.24, 2.45) is 0 Å². The Morgan fingerprint density at radius 3 is 2.61 bits per heavy atom. The molecule has 0 aliphatic rings. The fraction of sp³-hybridized carbons (Fsp3) is 0.667. The highest BCUT2D eigenvalue weighted by Crippen LogP contribution is 2.13. The molecule has 0 aliphatic heterocycles. The summed E-state index contributed by atoms with van der Waals surface area (Å²) < 4.78 is 1.91. The number of rotatable bonds is 7. The van der Waals surface area contributed by atoms with Gasteiger partial charge in [-0.3, -0.25) is 4.68 Å². The number of unbranched alkanes of at least 4 members (excludes halogenated alkanes) is 1. The second kappa shape index (κ2) is 8.32. The van der Waals surface area contributed by atoms with E-state index in [1.807, 2.05) is 11.6 Å². The van der Waals surface area contributed by atoms with Crippen molar-refractivity contribution in [3.8, 4) is 0 Å². The molecule has 0 aromatic carbocycles. The zero-order valence-electron chi connectivity index (χ0n) is 11.0. The summed E-state index contributed by atoms with van der Waals surface area (Å²) in [5.41, 5.74) is 1.01. The van der Waals surface area contributed by atoms with Gasteiger partial charge in [0.05, 0.1) is 16.9 Å². The Kier molecular flexibility index (Phi) is 7.05. The molecule has 0 fully saturated rings.